The summed E-state index contributed by atoms with van der Waals surface area (Å²) in [5.74, 6) is -1.06. The van der Waals surface area contributed by atoms with Crippen molar-refractivity contribution >= 4 is 17.5 Å². The molecule has 6 nitrogen and oxygen atoms in total. The van der Waals surface area contributed by atoms with Crippen molar-refractivity contribution in [1.82, 2.24) is 9.88 Å². The highest BCUT2D eigenvalue weighted by Gasteiger charge is 2.43. The average Bonchev–Trinajstić information content (AvgIpc) is 2.66. The fraction of sp³-hybridized carbons (Fsp3) is 0.350. The Bertz CT molecular complexity index is 843. The van der Waals surface area contributed by atoms with Gasteiger partial charge in [-0.25, -0.2) is 4.39 Å². The first-order valence-electron chi connectivity index (χ1n) is 8.91. The largest absolute Gasteiger partial charge is 0.369 e. The van der Waals surface area contributed by atoms with Gasteiger partial charge in [0.1, 0.15) is 11.2 Å². The Morgan fingerprint density at radius 2 is 2.11 bits per heavy atom. The van der Waals surface area contributed by atoms with Gasteiger partial charge in [0.05, 0.1) is 12.2 Å². The number of halogens is 1. The third-order valence-corrected chi connectivity index (χ3v) is 5.11. The number of nitrogens with one attached hydrogen (secondary N) is 1. The minimum absolute atomic E-state index is 0.0951. The zero-order valence-electron chi connectivity index (χ0n) is 15.2. The monoisotopic (exact) mass is 370 g/mol. The number of rotatable bonds is 5. The molecule has 2 aromatic rings. The third-order valence-electron chi connectivity index (χ3n) is 5.11. The molecule has 0 unspecified atom stereocenters. The molecule has 0 radical (unpaired) electrons. The minimum atomic E-state index is -0.908. The molecule has 2 amide bonds. The Morgan fingerprint density at radius 3 is 2.81 bits per heavy atom. The summed E-state index contributed by atoms with van der Waals surface area (Å²) in [6.45, 7) is 2.72. The van der Waals surface area contributed by atoms with Gasteiger partial charge in [0, 0.05) is 24.0 Å². The number of hydrogen-bond donors (Lipinski definition) is 2. The number of nitrogens with two attached hydrogens (primary N) is 1. The lowest BCUT2D eigenvalue weighted by molar-refractivity contribution is -0.127. The van der Waals surface area contributed by atoms with E-state index in [9.17, 15) is 14.0 Å². The number of hydrogen-bond acceptors (Lipinski definition) is 4. The predicted octanol–water partition coefficient (Wildman–Crippen LogP) is 1.99. The molecule has 3 N–H and O–H groups in total. The lowest BCUT2D eigenvalue weighted by Gasteiger charge is -2.40. The molecule has 27 heavy (non-hydrogen) atoms. The second kappa shape index (κ2) is 7.84. The van der Waals surface area contributed by atoms with Gasteiger partial charge >= 0.3 is 0 Å². The van der Waals surface area contributed by atoms with Crippen LogP contribution in [-0.2, 0) is 15.0 Å². The SMILES string of the molecule is Cc1c(F)cccc1NC(=O)CN1CCC[C@@](C(N)=O)(c2ccccn2)C1. The number of carbonyl (C=O) groups is 2. The summed E-state index contributed by atoms with van der Waals surface area (Å²) in [6.07, 6.45) is 2.96. The van der Waals surface area contributed by atoms with E-state index < -0.39 is 11.3 Å². The maximum atomic E-state index is 13.6. The lowest BCUT2D eigenvalue weighted by Crippen LogP contribution is -2.55. The first-order chi connectivity index (χ1) is 12.9. The summed E-state index contributed by atoms with van der Waals surface area (Å²) in [5.41, 5.74) is 6.30. The molecular weight excluding hydrogens is 347 g/mol. The summed E-state index contributed by atoms with van der Waals surface area (Å²) >= 11 is 0. The van der Waals surface area contributed by atoms with Crippen molar-refractivity contribution < 1.29 is 14.0 Å². The van der Waals surface area contributed by atoms with E-state index in [2.05, 4.69) is 10.3 Å². The molecule has 3 rings (SSSR count). The Labute approximate surface area is 157 Å². The van der Waals surface area contributed by atoms with Crippen LogP contribution in [0.2, 0.25) is 0 Å². The van der Waals surface area contributed by atoms with Crippen LogP contribution in [0.1, 0.15) is 24.1 Å². The Balaban J connectivity index is 1.73. The van der Waals surface area contributed by atoms with Crippen LogP contribution in [0, 0.1) is 12.7 Å². The number of likely N-dealkylation sites (tertiary alicyclic amines) is 1. The van der Waals surface area contributed by atoms with E-state index in [0.717, 1.165) is 6.42 Å². The molecule has 1 aliphatic heterocycles. The van der Waals surface area contributed by atoms with Crippen molar-refractivity contribution in [3.05, 3.63) is 59.7 Å². The fourth-order valence-corrected chi connectivity index (χ4v) is 3.60. The summed E-state index contributed by atoms with van der Waals surface area (Å²) in [5, 5.41) is 2.74. The van der Waals surface area contributed by atoms with Crippen LogP contribution in [0.5, 0.6) is 0 Å². The highest BCUT2D eigenvalue weighted by Crippen LogP contribution is 2.32. The Kier molecular flexibility index (Phi) is 5.51. The number of nitrogens with zero attached hydrogens (tertiary/aromatic N) is 2. The third kappa shape index (κ3) is 3.98. The second-order valence-electron chi connectivity index (χ2n) is 6.94. The van der Waals surface area contributed by atoms with Crippen LogP contribution in [0.4, 0.5) is 10.1 Å². The van der Waals surface area contributed by atoms with E-state index in [0.29, 0.717) is 36.5 Å². The molecule has 1 aromatic heterocycles. The van der Waals surface area contributed by atoms with Gasteiger partial charge < -0.3 is 11.1 Å². The number of piperidine rings is 1. The van der Waals surface area contributed by atoms with Crippen LogP contribution >= 0.6 is 0 Å². The van der Waals surface area contributed by atoms with Crippen LogP contribution in [0.3, 0.4) is 0 Å². The number of amides is 2. The highest BCUT2D eigenvalue weighted by atomic mass is 19.1. The summed E-state index contributed by atoms with van der Waals surface area (Å²) < 4.78 is 13.6. The van der Waals surface area contributed by atoms with Gasteiger partial charge in [-0.1, -0.05) is 12.1 Å². The number of primary amides is 1. The van der Waals surface area contributed by atoms with Gasteiger partial charge in [0.25, 0.3) is 0 Å². The molecule has 2 heterocycles. The van der Waals surface area contributed by atoms with Crippen molar-refractivity contribution in [2.24, 2.45) is 5.73 Å². The molecule has 0 spiro atoms. The van der Waals surface area contributed by atoms with Crippen molar-refractivity contribution in [1.29, 1.82) is 0 Å². The molecule has 1 saturated heterocycles. The normalized spacial score (nSPS) is 20.2. The molecule has 1 fully saturated rings. The van der Waals surface area contributed by atoms with E-state index in [4.69, 9.17) is 5.73 Å². The lowest BCUT2D eigenvalue weighted by atomic mass is 9.76. The van der Waals surface area contributed by atoms with E-state index in [1.54, 1.807) is 37.4 Å². The fourth-order valence-electron chi connectivity index (χ4n) is 3.60. The Morgan fingerprint density at radius 1 is 1.30 bits per heavy atom. The second-order valence-corrected chi connectivity index (χ2v) is 6.94. The van der Waals surface area contributed by atoms with E-state index >= 15 is 0 Å². The van der Waals surface area contributed by atoms with Crippen LogP contribution < -0.4 is 11.1 Å². The molecule has 142 valence electrons. The maximum absolute atomic E-state index is 13.6. The number of pyridine rings is 1. The molecule has 7 heteroatoms. The number of carbonyl (C=O) groups excluding carboxylic acids is 2. The van der Waals surface area contributed by atoms with Gasteiger partial charge in [-0.3, -0.25) is 19.5 Å². The average molecular weight is 370 g/mol. The van der Waals surface area contributed by atoms with Gasteiger partial charge in [0.2, 0.25) is 11.8 Å². The molecule has 1 aromatic carbocycles. The smallest absolute Gasteiger partial charge is 0.238 e. The van der Waals surface area contributed by atoms with Crippen molar-refractivity contribution in [3.8, 4) is 0 Å². The first-order valence-corrected chi connectivity index (χ1v) is 8.91. The van der Waals surface area contributed by atoms with Crippen molar-refractivity contribution in [2.75, 3.05) is 25.0 Å². The quantitative estimate of drug-likeness (QED) is 0.842. The molecule has 0 saturated carbocycles. The van der Waals surface area contributed by atoms with Gasteiger partial charge in [-0.2, -0.15) is 0 Å². The molecule has 1 aliphatic rings. The van der Waals surface area contributed by atoms with Crippen LogP contribution in [-0.4, -0.2) is 41.3 Å². The zero-order chi connectivity index (χ0) is 19.4. The molecule has 0 bridgehead atoms. The van der Waals surface area contributed by atoms with Crippen molar-refractivity contribution in [3.63, 3.8) is 0 Å². The molecule has 1 atom stereocenters. The standard InChI is InChI=1S/C20H23FN4O2/c1-14-15(21)6-4-7-16(14)24-18(26)12-25-11-5-9-20(13-25,19(22)27)17-8-2-3-10-23-17/h2-4,6-8,10H,5,9,11-13H2,1H3,(H2,22,27)(H,24,26)/t20-/m0/s1. The topological polar surface area (TPSA) is 88.3 Å². The highest BCUT2D eigenvalue weighted by molar-refractivity contribution is 5.93. The zero-order valence-corrected chi connectivity index (χ0v) is 15.2. The van der Waals surface area contributed by atoms with E-state index in [1.807, 2.05) is 11.0 Å². The van der Waals surface area contributed by atoms with Gasteiger partial charge in [0.15, 0.2) is 0 Å². The van der Waals surface area contributed by atoms with Crippen LogP contribution in [0.15, 0.2) is 42.6 Å². The summed E-state index contributed by atoms with van der Waals surface area (Å²) in [7, 11) is 0. The number of aromatic nitrogens is 1. The Hall–Kier alpha value is -2.80. The van der Waals surface area contributed by atoms with Gasteiger partial charge in [-0.05, 0) is 50.6 Å². The first kappa shape index (κ1) is 19.0. The van der Waals surface area contributed by atoms with E-state index in [-0.39, 0.29) is 18.3 Å². The van der Waals surface area contributed by atoms with Crippen molar-refractivity contribution in [2.45, 2.75) is 25.2 Å². The van der Waals surface area contributed by atoms with Crippen LogP contribution in [0.25, 0.3) is 0 Å². The maximum Gasteiger partial charge on any atom is 0.238 e. The van der Waals surface area contributed by atoms with Gasteiger partial charge in [-0.15, -0.1) is 0 Å². The minimum Gasteiger partial charge on any atom is -0.369 e. The molecule has 0 aliphatic carbocycles. The number of benzene rings is 1. The molecular formula is C20H23FN4O2. The number of anilines is 1. The summed E-state index contributed by atoms with van der Waals surface area (Å²) in [6, 6.07) is 9.97. The summed E-state index contributed by atoms with van der Waals surface area (Å²) in [4.78, 5) is 31.0. The predicted molar refractivity (Wildman–Crippen MR) is 101 cm³/mol. The van der Waals surface area contributed by atoms with E-state index in [1.165, 1.54) is 6.07 Å².